The van der Waals surface area contributed by atoms with E-state index in [1.54, 1.807) is 7.11 Å². The molecule has 0 aromatic carbocycles. The Morgan fingerprint density at radius 1 is 1.44 bits per heavy atom. The summed E-state index contributed by atoms with van der Waals surface area (Å²) in [5.41, 5.74) is 0.956. The van der Waals surface area contributed by atoms with Crippen molar-refractivity contribution in [3.8, 4) is 0 Å². The van der Waals surface area contributed by atoms with Gasteiger partial charge in [0.2, 0.25) is 0 Å². The standard InChI is InChI=1S/C12H20IN3OS/c1-5-8(2)18-7-10-15-9(6-17-4)11(13)12(14-3)16-10/h8H,5-7H2,1-4H3,(H,14,15,16). The third-order valence-corrected chi connectivity index (χ3v) is 5.02. The summed E-state index contributed by atoms with van der Waals surface area (Å²) >= 11 is 4.14. The van der Waals surface area contributed by atoms with Gasteiger partial charge >= 0.3 is 0 Å². The molecule has 0 saturated heterocycles. The molecule has 1 unspecified atom stereocenters. The molecule has 0 saturated carbocycles. The summed E-state index contributed by atoms with van der Waals surface area (Å²) in [5, 5.41) is 3.75. The van der Waals surface area contributed by atoms with E-state index in [1.165, 1.54) is 6.42 Å². The molecule has 0 aliphatic rings. The second-order valence-corrected chi connectivity index (χ2v) is 6.47. The van der Waals surface area contributed by atoms with Crippen LogP contribution >= 0.6 is 34.4 Å². The zero-order valence-corrected chi connectivity index (χ0v) is 14.3. The van der Waals surface area contributed by atoms with Crippen molar-refractivity contribution in [1.29, 1.82) is 0 Å². The fraction of sp³-hybridized carbons (Fsp3) is 0.667. The molecular weight excluding hydrogens is 361 g/mol. The number of hydrogen-bond acceptors (Lipinski definition) is 5. The highest BCUT2D eigenvalue weighted by molar-refractivity contribution is 14.1. The molecular formula is C12H20IN3OS. The highest BCUT2D eigenvalue weighted by Gasteiger charge is 2.12. The number of rotatable bonds is 7. The minimum atomic E-state index is 0.524. The summed E-state index contributed by atoms with van der Waals surface area (Å²) in [5.74, 6) is 2.60. The molecule has 0 radical (unpaired) electrons. The van der Waals surface area contributed by atoms with E-state index in [1.807, 2.05) is 18.8 Å². The fourth-order valence-corrected chi connectivity index (χ4v) is 2.81. The lowest BCUT2D eigenvalue weighted by Crippen LogP contribution is -2.08. The molecule has 1 N–H and O–H groups in total. The molecule has 6 heteroatoms. The zero-order chi connectivity index (χ0) is 13.5. The van der Waals surface area contributed by atoms with Crippen LogP contribution in [0.15, 0.2) is 0 Å². The number of halogens is 1. The second-order valence-electron chi connectivity index (χ2n) is 3.96. The van der Waals surface area contributed by atoms with Gasteiger partial charge in [-0.25, -0.2) is 9.97 Å². The summed E-state index contributed by atoms with van der Waals surface area (Å²) in [6.45, 7) is 4.95. The summed E-state index contributed by atoms with van der Waals surface area (Å²) in [7, 11) is 3.57. The van der Waals surface area contributed by atoms with Crippen molar-refractivity contribution in [3.63, 3.8) is 0 Å². The summed E-state index contributed by atoms with van der Waals surface area (Å²) in [4.78, 5) is 9.11. The quantitative estimate of drug-likeness (QED) is 0.735. The largest absolute Gasteiger partial charge is 0.378 e. The number of nitrogens with one attached hydrogen (secondary N) is 1. The van der Waals surface area contributed by atoms with E-state index in [-0.39, 0.29) is 0 Å². The molecule has 1 rings (SSSR count). The molecule has 1 aromatic rings. The Balaban J connectivity index is 2.87. The van der Waals surface area contributed by atoms with Crippen LogP contribution in [-0.4, -0.2) is 29.4 Å². The van der Waals surface area contributed by atoms with E-state index in [9.17, 15) is 0 Å². The van der Waals surface area contributed by atoms with Gasteiger partial charge in [-0.1, -0.05) is 13.8 Å². The van der Waals surface area contributed by atoms with Crippen LogP contribution < -0.4 is 5.32 Å². The predicted molar refractivity (Wildman–Crippen MR) is 86.1 cm³/mol. The fourth-order valence-electron chi connectivity index (χ4n) is 1.34. The molecule has 0 bridgehead atoms. The number of anilines is 1. The van der Waals surface area contributed by atoms with E-state index >= 15 is 0 Å². The zero-order valence-electron chi connectivity index (χ0n) is 11.3. The highest BCUT2D eigenvalue weighted by atomic mass is 127. The first kappa shape index (κ1) is 16.0. The number of aromatic nitrogens is 2. The SMILES string of the molecule is CCC(C)SCc1nc(COC)c(I)c(NC)n1. The van der Waals surface area contributed by atoms with Crippen molar-refractivity contribution in [2.45, 2.75) is 37.9 Å². The third kappa shape index (κ3) is 4.55. The molecule has 4 nitrogen and oxygen atoms in total. The van der Waals surface area contributed by atoms with Crippen molar-refractivity contribution < 1.29 is 4.74 Å². The van der Waals surface area contributed by atoms with Crippen LogP contribution in [0.3, 0.4) is 0 Å². The van der Waals surface area contributed by atoms with E-state index in [0.717, 1.165) is 26.7 Å². The molecule has 1 heterocycles. The maximum absolute atomic E-state index is 5.18. The van der Waals surface area contributed by atoms with Gasteiger partial charge in [-0.3, -0.25) is 0 Å². The Bertz CT molecular complexity index is 390. The van der Waals surface area contributed by atoms with Crippen LogP contribution in [0.5, 0.6) is 0 Å². The van der Waals surface area contributed by atoms with Crippen molar-refractivity contribution in [3.05, 3.63) is 15.1 Å². The molecule has 1 atom stereocenters. The Morgan fingerprint density at radius 2 is 2.17 bits per heavy atom. The third-order valence-electron chi connectivity index (χ3n) is 2.56. The molecule has 0 fully saturated rings. The van der Waals surface area contributed by atoms with Gasteiger partial charge in [0.05, 0.1) is 21.6 Å². The van der Waals surface area contributed by atoms with Crippen LogP contribution in [0.2, 0.25) is 0 Å². The average Bonchev–Trinajstić information content (AvgIpc) is 2.39. The molecule has 0 spiro atoms. The maximum Gasteiger partial charge on any atom is 0.143 e. The minimum Gasteiger partial charge on any atom is -0.378 e. The summed E-state index contributed by atoms with van der Waals surface area (Å²) < 4.78 is 6.22. The Hall–Kier alpha value is -0.0800. The van der Waals surface area contributed by atoms with Crippen molar-refractivity contribution in [1.82, 2.24) is 9.97 Å². The van der Waals surface area contributed by atoms with Gasteiger partial charge in [-0.05, 0) is 29.0 Å². The summed E-state index contributed by atoms with van der Waals surface area (Å²) in [6.07, 6.45) is 1.17. The highest BCUT2D eigenvalue weighted by Crippen LogP contribution is 2.23. The first-order chi connectivity index (χ1) is 8.62. The Morgan fingerprint density at radius 3 is 2.72 bits per heavy atom. The van der Waals surface area contributed by atoms with E-state index < -0.39 is 0 Å². The van der Waals surface area contributed by atoms with E-state index in [4.69, 9.17) is 4.74 Å². The molecule has 18 heavy (non-hydrogen) atoms. The predicted octanol–water partition coefficient (Wildman–Crippen LogP) is 3.30. The van der Waals surface area contributed by atoms with Gasteiger partial charge in [-0.2, -0.15) is 11.8 Å². The lowest BCUT2D eigenvalue weighted by atomic mass is 10.4. The van der Waals surface area contributed by atoms with Gasteiger partial charge in [0.1, 0.15) is 11.6 Å². The molecule has 0 aliphatic carbocycles. The number of methoxy groups -OCH3 is 1. The lowest BCUT2D eigenvalue weighted by Gasteiger charge is -2.12. The second kappa shape index (κ2) is 8.16. The van der Waals surface area contributed by atoms with Crippen LogP contribution in [-0.2, 0) is 17.1 Å². The van der Waals surface area contributed by atoms with Crippen LogP contribution in [0.1, 0.15) is 31.8 Å². The van der Waals surface area contributed by atoms with Crippen LogP contribution in [0.25, 0.3) is 0 Å². The number of ether oxygens (including phenoxy) is 1. The first-order valence-electron chi connectivity index (χ1n) is 5.95. The Labute approximate surface area is 127 Å². The average molecular weight is 381 g/mol. The molecule has 1 aromatic heterocycles. The smallest absolute Gasteiger partial charge is 0.143 e. The van der Waals surface area contributed by atoms with E-state index in [0.29, 0.717) is 11.9 Å². The van der Waals surface area contributed by atoms with E-state index in [2.05, 4.69) is 51.7 Å². The number of thioether (sulfide) groups is 1. The first-order valence-corrected chi connectivity index (χ1v) is 8.08. The van der Waals surface area contributed by atoms with Crippen LogP contribution in [0, 0.1) is 3.57 Å². The Kier molecular flexibility index (Phi) is 7.25. The van der Waals surface area contributed by atoms with Crippen molar-refractivity contribution in [2.75, 3.05) is 19.5 Å². The topological polar surface area (TPSA) is 47.0 Å². The molecule has 0 amide bonds. The van der Waals surface area contributed by atoms with Crippen molar-refractivity contribution >= 4 is 40.2 Å². The monoisotopic (exact) mass is 381 g/mol. The van der Waals surface area contributed by atoms with Gasteiger partial charge in [0, 0.05) is 19.4 Å². The normalized spacial score (nSPS) is 12.5. The van der Waals surface area contributed by atoms with Gasteiger partial charge < -0.3 is 10.1 Å². The lowest BCUT2D eigenvalue weighted by molar-refractivity contribution is 0.180. The van der Waals surface area contributed by atoms with Crippen LogP contribution in [0.4, 0.5) is 5.82 Å². The van der Waals surface area contributed by atoms with Gasteiger partial charge in [-0.15, -0.1) is 0 Å². The van der Waals surface area contributed by atoms with Crippen molar-refractivity contribution in [2.24, 2.45) is 0 Å². The molecule has 0 aliphatic heterocycles. The summed E-state index contributed by atoms with van der Waals surface area (Å²) in [6, 6.07) is 0. The number of hydrogen-bond donors (Lipinski definition) is 1. The van der Waals surface area contributed by atoms with Gasteiger partial charge in [0.25, 0.3) is 0 Å². The maximum atomic E-state index is 5.18. The minimum absolute atomic E-state index is 0.524. The number of nitrogens with zero attached hydrogens (tertiary/aromatic N) is 2. The molecule has 102 valence electrons. The van der Waals surface area contributed by atoms with Gasteiger partial charge in [0.15, 0.2) is 0 Å².